The summed E-state index contributed by atoms with van der Waals surface area (Å²) in [4.78, 5) is 0. The number of benzene rings is 1. The molecule has 0 heterocycles. The lowest BCUT2D eigenvalue weighted by Gasteiger charge is -2.35. The van der Waals surface area contributed by atoms with E-state index in [1.807, 2.05) is 0 Å². The van der Waals surface area contributed by atoms with E-state index in [-0.39, 0.29) is 5.82 Å². The Kier molecular flexibility index (Phi) is 3.74. The molecule has 0 bridgehead atoms. The fourth-order valence-corrected chi connectivity index (χ4v) is 3.01. The van der Waals surface area contributed by atoms with Gasteiger partial charge < -0.3 is 5.11 Å². The first kappa shape index (κ1) is 12.8. The van der Waals surface area contributed by atoms with E-state index in [0.29, 0.717) is 22.9 Å². The Morgan fingerprint density at radius 1 is 1.53 bits per heavy atom. The highest BCUT2D eigenvalue weighted by Crippen LogP contribution is 2.36. The summed E-state index contributed by atoms with van der Waals surface area (Å²) in [5, 5.41) is 11.1. The standard InChI is InChI=1S/C14H18ClFO/c1-10-3-2-6-14(17,8-10)9-11-7-12(16)4-5-13(11)15/h4-5,7,10,17H,2-3,6,8-9H2,1H3. The second-order valence-electron chi connectivity index (χ2n) is 5.34. The van der Waals surface area contributed by atoms with Crippen LogP contribution in [0.3, 0.4) is 0 Å². The zero-order chi connectivity index (χ0) is 12.5. The summed E-state index contributed by atoms with van der Waals surface area (Å²) in [7, 11) is 0. The Bertz CT molecular complexity index is 407. The second-order valence-corrected chi connectivity index (χ2v) is 5.75. The lowest BCUT2D eigenvalue weighted by molar-refractivity contribution is -0.0124. The molecule has 2 atom stereocenters. The molecular formula is C14H18ClFO. The molecule has 1 nitrogen and oxygen atoms in total. The Hall–Kier alpha value is -0.600. The first-order chi connectivity index (χ1) is 7.98. The largest absolute Gasteiger partial charge is 0.390 e. The van der Waals surface area contributed by atoms with Crippen molar-refractivity contribution < 1.29 is 9.50 Å². The molecule has 1 N–H and O–H groups in total. The van der Waals surface area contributed by atoms with Gasteiger partial charge in [-0.1, -0.05) is 31.4 Å². The van der Waals surface area contributed by atoms with Crippen LogP contribution in [0, 0.1) is 11.7 Å². The zero-order valence-electron chi connectivity index (χ0n) is 10.0. The summed E-state index contributed by atoms with van der Waals surface area (Å²) in [6.07, 6.45) is 4.21. The fourth-order valence-electron chi connectivity index (χ4n) is 2.83. The van der Waals surface area contributed by atoms with Crippen LogP contribution in [0.15, 0.2) is 18.2 Å². The lowest BCUT2D eigenvalue weighted by atomic mass is 9.76. The van der Waals surface area contributed by atoms with E-state index < -0.39 is 5.60 Å². The molecule has 0 aromatic heterocycles. The SMILES string of the molecule is CC1CCCC(O)(Cc2cc(F)ccc2Cl)C1. The molecule has 1 saturated carbocycles. The summed E-state index contributed by atoms with van der Waals surface area (Å²) in [5.41, 5.74) is -0.00184. The van der Waals surface area contributed by atoms with Gasteiger partial charge in [0.15, 0.2) is 0 Å². The van der Waals surface area contributed by atoms with Gasteiger partial charge in [0, 0.05) is 11.4 Å². The van der Waals surface area contributed by atoms with Crippen molar-refractivity contribution in [1.82, 2.24) is 0 Å². The van der Waals surface area contributed by atoms with Crippen LogP contribution in [-0.2, 0) is 6.42 Å². The number of aliphatic hydroxyl groups is 1. The molecule has 1 aliphatic rings. The van der Waals surface area contributed by atoms with Gasteiger partial charge in [0.1, 0.15) is 5.82 Å². The van der Waals surface area contributed by atoms with Crippen LogP contribution in [0.1, 0.15) is 38.2 Å². The third-order valence-corrected chi connectivity index (χ3v) is 3.96. The van der Waals surface area contributed by atoms with Crippen LogP contribution in [-0.4, -0.2) is 10.7 Å². The molecule has 3 heteroatoms. The number of halogens is 2. The molecule has 0 amide bonds. The molecule has 2 rings (SSSR count). The van der Waals surface area contributed by atoms with Crippen molar-refractivity contribution in [2.45, 2.75) is 44.6 Å². The van der Waals surface area contributed by atoms with Crippen LogP contribution in [0.25, 0.3) is 0 Å². The van der Waals surface area contributed by atoms with Gasteiger partial charge in [-0.2, -0.15) is 0 Å². The van der Waals surface area contributed by atoms with Crippen molar-refractivity contribution in [2.24, 2.45) is 5.92 Å². The molecule has 0 saturated heterocycles. The molecule has 17 heavy (non-hydrogen) atoms. The first-order valence-electron chi connectivity index (χ1n) is 6.15. The first-order valence-corrected chi connectivity index (χ1v) is 6.53. The Morgan fingerprint density at radius 2 is 2.29 bits per heavy atom. The van der Waals surface area contributed by atoms with Crippen molar-refractivity contribution in [3.05, 3.63) is 34.6 Å². The predicted octanol–water partition coefficient (Wildman–Crippen LogP) is 3.96. The highest BCUT2D eigenvalue weighted by molar-refractivity contribution is 6.31. The third kappa shape index (κ3) is 3.20. The van der Waals surface area contributed by atoms with Gasteiger partial charge in [-0.3, -0.25) is 0 Å². The molecule has 1 fully saturated rings. The second kappa shape index (κ2) is 4.95. The summed E-state index contributed by atoms with van der Waals surface area (Å²) < 4.78 is 13.2. The average Bonchev–Trinajstić information content (AvgIpc) is 2.22. The highest BCUT2D eigenvalue weighted by atomic mass is 35.5. The molecule has 2 unspecified atom stereocenters. The van der Waals surface area contributed by atoms with Crippen molar-refractivity contribution in [3.8, 4) is 0 Å². The van der Waals surface area contributed by atoms with E-state index in [4.69, 9.17) is 11.6 Å². The van der Waals surface area contributed by atoms with Gasteiger partial charge in [0.2, 0.25) is 0 Å². The minimum absolute atomic E-state index is 0.295. The van der Waals surface area contributed by atoms with Gasteiger partial charge in [0.25, 0.3) is 0 Å². The maximum absolute atomic E-state index is 13.2. The van der Waals surface area contributed by atoms with E-state index >= 15 is 0 Å². The Labute approximate surface area is 107 Å². The molecule has 1 aromatic carbocycles. The van der Waals surface area contributed by atoms with E-state index in [0.717, 1.165) is 19.3 Å². The molecule has 0 spiro atoms. The average molecular weight is 257 g/mol. The van der Waals surface area contributed by atoms with Crippen LogP contribution < -0.4 is 0 Å². The summed E-state index contributed by atoms with van der Waals surface area (Å²) in [6.45, 7) is 2.15. The molecule has 0 radical (unpaired) electrons. The van der Waals surface area contributed by atoms with Gasteiger partial charge in [-0.25, -0.2) is 4.39 Å². The fraction of sp³-hybridized carbons (Fsp3) is 0.571. The minimum Gasteiger partial charge on any atom is -0.390 e. The van der Waals surface area contributed by atoms with Crippen LogP contribution in [0.5, 0.6) is 0 Å². The predicted molar refractivity (Wildman–Crippen MR) is 67.7 cm³/mol. The zero-order valence-corrected chi connectivity index (χ0v) is 10.8. The van der Waals surface area contributed by atoms with E-state index in [2.05, 4.69) is 6.92 Å². The normalized spacial score (nSPS) is 29.3. The van der Waals surface area contributed by atoms with E-state index in [1.165, 1.54) is 18.6 Å². The van der Waals surface area contributed by atoms with Gasteiger partial charge >= 0.3 is 0 Å². The van der Waals surface area contributed by atoms with Gasteiger partial charge in [-0.05, 0) is 42.5 Å². The summed E-state index contributed by atoms with van der Waals surface area (Å²) in [6, 6.07) is 4.33. The highest BCUT2D eigenvalue weighted by Gasteiger charge is 2.33. The minimum atomic E-state index is -0.713. The van der Waals surface area contributed by atoms with E-state index in [1.54, 1.807) is 6.07 Å². The molecule has 94 valence electrons. The Morgan fingerprint density at radius 3 is 3.00 bits per heavy atom. The van der Waals surface area contributed by atoms with Crippen molar-refractivity contribution in [3.63, 3.8) is 0 Å². The van der Waals surface area contributed by atoms with Crippen LogP contribution >= 0.6 is 11.6 Å². The van der Waals surface area contributed by atoms with Gasteiger partial charge in [-0.15, -0.1) is 0 Å². The maximum atomic E-state index is 13.2. The quantitative estimate of drug-likeness (QED) is 0.849. The summed E-state index contributed by atoms with van der Waals surface area (Å²) in [5.74, 6) is 0.234. The van der Waals surface area contributed by atoms with Crippen molar-refractivity contribution in [2.75, 3.05) is 0 Å². The number of rotatable bonds is 2. The van der Waals surface area contributed by atoms with Crippen LogP contribution in [0.4, 0.5) is 4.39 Å². The van der Waals surface area contributed by atoms with Crippen LogP contribution in [0.2, 0.25) is 5.02 Å². The third-order valence-electron chi connectivity index (χ3n) is 3.59. The van der Waals surface area contributed by atoms with Crippen molar-refractivity contribution in [1.29, 1.82) is 0 Å². The van der Waals surface area contributed by atoms with E-state index in [9.17, 15) is 9.50 Å². The smallest absolute Gasteiger partial charge is 0.123 e. The molecule has 1 aromatic rings. The summed E-state index contributed by atoms with van der Waals surface area (Å²) >= 11 is 6.04. The molecule has 0 aliphatic heterocycles. The number of hydrogen-bond donors (Lipinski definition) is 1. The molecule has 1 aliphatic carbocycles. The lowest BCUT2D eigenvalue weighted by Crippen LogP contribution is -2.36. The molecular weight excluding hydrogens is 239 g/mol. The monoisotopic (exact) mass is 256 g/mol. The maximum Gasteiger partial charge on any atom is 0.123 e. The Balaban J connectivity index is 2.16. The number of hydrogen-bond acceptors (Lipinski definition) is 1. The van der Waals surface area contributed by atoms with Crippen molar-refractivity contribution >= 4 is 11.6 Å². The van der Waals surface area contributed by atoms with Gasteiger partial charge in [0.05, 0.1) is 5.60 Å². The topological polar surface area (TPSA) is 20.2 Å².